The maximum absolute atomic E-state index is 5.81. The minimum absolute atomic E-state index is 0.297. The monoisotopic (exact) mass is 151 g/mol. The summed E-state index contributed by atoms with van der Waals surface area (Å²) in [6.07, 6.45) is 9.30. The number of nitrogens with two attached hydrogens (primary N) is 1. The molecule has 1 heteroatoms. The largest absolute Gasteiger partial charge is 0.324 e. The van der Waals surface area contributed by atoms with Crippen LogP contribution in [0.15, 0.2) is 11.6 Å². The van der Waals surface area contributed by atoms with Crippen molar-refractivity contribution in [3.63, 3.8) is 0 Å². The van der Waals surface area contributed by atoms with E-state index < -0.39 is 0 Å². The molecule has 0 aromatic carbocycles. The van der Waals surface area contributed by atoms with Crippen LogP contribution in [-0.4, -0.2) is 6.04 Å². The molecule has 1 unspecified atom stereocenters. The predicted molar refractivity (Wildman–Crippen MR) is 47.3 cm³/mol. The van der Waals surface area contributed by atoms with E-state index in [1.165, 1.54) is 37.7 Å². The van der Waals surface area contributed by atoms with Gasteiger partial charge in [-0.15, -0.1) is 0 Å². The first kappa shape index (κ1) is 7.35. The Morgan fingerprint density at radius 2 is 2.18 bits per heavy atom. The summed E-state index contributed by atoms with van der Waals surface area (Å²) in [5, 5.41) is 0. The molecule has 0 saturated heterocycles. The SMILES string of the molecule is CC(N)C1=CCC2(CC1)CC2. The van der Waals surface area contributed by atoms with Gasteiger partial charge in [0.05, 0.1) is 0 Å². The minimum Gasteiger partial charge on any atom is -0.324 e. The molecule has 2 N–H and O–H groups in total. The zero-order valence-electron chi connectivity index (χ0n) is 7.27. The van der Waals surface area contributed by atoms with E-state index in [2.05, 4.69) is 13.0 Å². The van der Waals surface area contributed by atoms with Gasteiger partial charge in [-0.05, 0) is 44.4 Å². The third kappa shape index (κ3) is 1.34. The first-order valence-corrected chi connectivity index (χ1v) is 4.66. The quantitative estimate of drug-likeness (QED) is 0.571. The molecule has 2 aliphatic carbocycles. The lowest BCUT2D eigenvalue weighted by atomic mass is 9.85. The lowest BCUT2D eigenvalue weighted by molar-refractivity contribution is 0.440. The van der Waals surface area contributed by atoms with Crippen LogP contribution >= 0.6 is 0 Å². The molecule has 2 rings (SSSR count). The van der Waals surface area contributed by atoms with Gasteiger partial charge in [0.25, 0.3) is 0 Å². The van der Waals surface area contributed by atoms with Crippen LogP contribution < -0.4 is 5.73 Å². The molecular weight excluding hydrogens is 134 g/mol. The zero-order chi connectivity index (χ0) is 7.90. The fraction of sp³-hybridized carbons (Fsp3) is 0.800. The van der Waals surface area contributed by atoms with Crippen molar-refractivity contribution in [1.82, 2.24) is 0 Å². The van der Waals surface area contributed by atoms with Crippen molar-refractivity contribution in [2.45, 2.75) is 45.1 Å². The van der Waals surface area contributed by atoms with E-state index in [9.17, 15) is 0 Å². The molecule has 2 aliphatic rings. The maximum atomic E-state index is 5.81. The molecule has 1 atom stereocenters. The third-order valence-corrected chi connectivity index (χ3v) is 3.28. The topological polar surface area (TPSA) is 26.0 Å². The molecule has 62 valence electrons. The van der Waals surface area contributed by atoms with Gasteiger partial charge in [0.1, 0.15) is 0 Å². The Morgan fingerprint density at radius 3 is 2.55 bits per heavy atom. The summed E-state index contributed by atoms with van der Waals surface area (Å²) in [5.74, 6) is 0. The van der Waals surface area contributed by atoms with Crippen molar-refractivity contribution in [2.75, 3.05) is 0 Å². The Morgan fingerprint density at radius 1 is 1.45 bits per heavy atom. The molecule has 0 amide bonds. The average molecular weight is 151 g/mol. The highest BCUT2D eigenvalue weighted by Crippen LogP contribution is 2.55. The fourth-order valence-corrected chi connectivity index (χ4v) is 2.01. The van der Waals surface area contributed by atoms with Gasteiger partial charge in [-0.1, -0.05) is 11.6 Å². The molecule has 0 aliphatic heterocycles. The summed E-state index contributed by atoms with van der Waals surface area (Å²) in [7, 11) is 0. The molecular formula is C10H17N. The Bertz CT molecular complexity index is 187. The second-order valence-corrected chi connectivity index (χ2v) is 4.27. The molecule has 0 bridgehead atoms. The van der Waals surface area contributed by atoms with Crippen molar-refractivity contribution >= 4 is 0 Å². The second kappa shape index (κ2) is 2.34. The Kier molecular flexibility index (Phi) is 1.57. The minimum atomic E-state index is 0.297. The van der Waals surface area contributed by atoms with Crippen LogP contribution in [0.1, 0.15) is 39.0 Å². The van der Waals surface area contributed by atoms with Crippen molar-refractivity contribution in [2.24, 2.45) is 11.1 Å². The summed E-state index contributed by atoms with van der Waals surface area (Å²) in [6.45, 7) is 2.09. The Labute approximate surface area is 68.7 Å². The highest BCUT2D eigenvalue weighted by atomic mass is 14.6. The molecule has 1 nitrogen and oxygen atoms in total. The molecule has 0 aromatic rings. The molecule has 11 heavy (non-hydrogen) atoms. The molecule has 0 heterocycles. The first-order valence-electron chi connectivity index (χ1n) is 4.66. The van der Waals surface area contributed by atoms with E-state index in [0.29, 0.717) is 6.04 Å². The van der Waals surface area contributed by atoms with Crippen molar-refractivity contribution in [3.05, 3.63) is 11.6 Å². The van der Waals surface area contributed by atoms with E-state index in [1.807, 2.05) is 0 Å². The van der Waals surface area contributed by atoms with Gasteiger partial charge in [-0.3, -0.25) is 0 Å². The van der Waals surface area contributed by atoms with Gasteiger partial charge in [0.15, 0.2) is 0 Å². The van der Waals surface area contributed by atoms with E-state index in [-0.39, 0.29) is 0 Å². The van der Waals surface area contributed by atoms with Gasteiger partial charge in [-0.25, -0.2) is 0 Å². The predicted octanol–water partition coefficient (Wildman–Crippen LogP) is 2.22. The van der Waals surface area contributed by atoms with E-state index in [1.54, 1.807) is 0 Å². The van der Waals surface area contributed by atoms with Crippen molar-refractivity contribution in [1.29, 1.82) is 0 Å². The van der Waals surface area contributed by atoms with Crippen LogP contribution in [0.5, 0.6) is 0 Å². The number of rotatable bonds is 1. The number of hydrogen-bond donors (Lipinski definition) is 1. The van der Waals surface area contributed by atoms with Crippen LogP contribution in [0.2, 0.25) is 0 Å². The van der Waals surface area contributed by atoms with E-state index in [4.69, 9.17) is 5.73 Å². The standard InChI is InChI=1S/C10H17N/c1-8(11)9-2-4-10(5-3-9)6-7-10/h2,8H,3-7,11H2,1H3. The summed E-state index contributed by atoms with van der Waals surface area (Å²) >= 11 is 0. The van der Waals surface area contributed by atoms with Gasteiger partial charge in [0, 0.05) is 6.04 Å². The molecule has 0 radical (unpaired) electrons. The van der Waals surface area contributed by atoms with Crippen LogP contribution in [0, 0.1) is 5.41 Å². The highest BCUT2D eigenvalue weighted by Gasteiger charge is 2.42. The lowest BCUT2D eigenvalue weighted by Crippen LogP contribution is -2.21. The second-order valence-electron chi connectivity index (χ2n) is 4.27. The number of hydrogen-bond acceptors (Lipinski definition) is 1. The smallest absolute Gasteiger partial charge is 0.0224 e. The first-order chi connectivity index (χ1) is 5.22. The van der Waals surface area contributed by atoms with Gasteiger partial charge >= 0.3 is 0 Å². The van der Waals surface area contributed by atoms with E-state index >= 15 is 0 Å². The van der Waals surface area contributed by atoms with Gasteiger partial charge in [-0.2, -0.15) is 0 Å². The highest BCUT2D eigenvalue weighted by molar-refractivity contribution is 5.17. The number of allylic oxidation sites excluding steroid dienone is 1. The van der Waals surface area contributed by atoms with Crippen LogP contribution in [-0.2, 0) is 0 Å². The molecule has 1 saturated carbocycles. The lowest BCUT2D eigenvalue weighted by Gasteiger charge is -2.22. The maximum Gasteiger partial charge on any atom is 0.0224 e. The van der Waals surface area contributed by atoms with Crippen LogP contribution in [0.3, 0.4) is 0 Å². The summed E-state index contributed by atoms with van der Waals surface area (Å²) < 4.78 is 0. The van der Waals surface area contributed by atoms with Gasteiger partial charge in [0.2, 0.25) is 0 Å². The molecule has 1 fully saturated rings. The average Bonchev–Trinajstić information content (AvgIpc) is 2.70. The summed E-state index contributed by atoms with van der Waals surface area (Å²) in [5.41, 5.74) is 8.06. The fourth-order valence-electron chi connectivity index (χ4n) is 2.01. The van der Waals surface area contributed by atoms with Crippen molar-refractivity contribution < 1.29 is 0 Å². The normalized spacial score (nSPS) is 29.8. The summed E-state index contributed by atoms with van der Waals surface area (Å²) in [6, 6.07) is 0.297. The third-order valence-electron chi connectivity index (χ3n) is 3.28. The van der Waals surface area contributed by atoms with Crippen molar-refractivity contribution in [3.8, 4) is 0 Å². The Balaban J connectivity index is 2.01. The van der Waals surface area contributed by atoms with Crippen LogP contribution in [0.25, 0.3) is 0 Å². The van der Waals surface area contributed by atoms with Crippen LogP contribution in [0.4, 0.5) is 0 Å². The van der Waals surface area contributed by atoms with Gasteiger partial charge < -0.3 is 5.73 Å². The van der Waals surface area contributed by atoms with E-state index in [0.717, 1.165) is 5.41 Å². The Hall–Kier alpha value is -0.300. The zero-order valence-corrected chi connectivity index (χ0v) is 7.27. The molecule has 0 aromatic heterocycles. The molecule has 1 spiro atoms. The summed E-state index contributed by atoms with van der Waals surface area (Å²) in [4.78, 5) is 0.